The molecule has 4 N–H and O–H groups in total. The topological polar surface area (TPSA) is 75.4 Å². The monoisotopic (exact) mass is 236 g/mol. The van der Waals surface area contributed by atoms with Crippen LogP contribution in [0.25, 0.3) is 0 Å². The van der Waals surface area contributed by atoms with Crippen LogP contribution >= 0.6 is 0 Å². The molecule has 1 aromatic carbocycles. The molecular weight excluding hydrogens is 216 g/mol. The van der Waals surface area contributed by atoms with E-state index in [2.05, 4.69) is 5.32 Å². The molecule has 0 unspecified atom stereocenters. The predicted molar refractivity (Wildman–Crippen MR) is 68.5 cm³/mol. The third-order valence-electron chi connectivity index (χ3n) is 2.53. The fraction of sp³-hybridized carbons (Fsp3) is 0.462. The highest BCUT2D eigenvalue weighted by molar-refractivity contribution is 5.90. The van der Waals surface area contributed by atoms with Crippen LogP contribution in [0.3, 0.4) is 0 Å². The molecule has 4 heteroatoms. The Bertz CT molecular complexity index is 336. The van der Waals surface area contributed by atoms with Crippen LogP contribution in [-0.2, 0) is 11.4 Å². The first-order chi connectivity index (χ1) is 8.26. The molecule has 0 aliphatic carbocycles. The molecule has 1 amide bonds. The summed E-state index contributed by atoms with van der Waals surface area (Å²) in [5.74, 6) is 0.0266. The van der Waals surface area contributed by atoms with Crippen LogP contribution in [0.15, 0.2) is 24.3 Å². The van der Waals surface area contributed by atoms with Crippen molar-refractivity contribution in [2.75, 3.05) is 11.9 Å². The summed E-state index contributed by atoms with van der Waals surface area (Å²) < 4.78 is 0. The second-order valence-corrected chi connectivity index (χ2v) is 4.00. The van der Waals surface area contributed by atoms with Crippen molar-refractivity contribution in [2.24, 2.45) is 5.73 Å². The number of carbonyl (C=O) groups is 1. The van der Waals surface area contributed by atoms with Crippen LogP contribution in [-0.4, -0.2) is 17.6 Å². The maximum Gasteiger partial charge on any atom is 0.224 e. The zero-order valence-electron chi connectivity index (χ0n) is 9.98. The smallest absolute Gasteiger partial charge is 0.224 e. The zero-order chi connectivity index (χ0) is 12.5. The number of aliphatic hydroxyl groups is 1. The van der Waals surface area contributed by atoms with Gasteiger partial charge in [-0.3, -0.25) is 4.79 Å². The summed E-state index contributed by atoms with van der Waals surface area (Å²) in [7, 11) is 0. The number of hydrogen-bond acceptors (Lipinski definition) is 3. The molecule has 94 valence electrons. The number of aliphatic hydroxyl groups excluding tert-OH is 1. The largest absolute Gasteiger partial charge is 0.392 e. The number of amides is 1. The summed E-state index contributed by atoms with van der Waals surface area (Å²) in [4.78, 5) is 11.5. The highest BCUT2D eigenvalue weighted by atomic mass is 16.3. The summed E-state index contributed by atoms with van der Waals surface area (Å²) in [5, 5.41) is 11.7. The number of anilines is 1. The van der Waals surface area contributed by atoms with Gasteiger partial charge in [-0.2, -0.15) is 0 Å². The molecule has 1 aromatic rings. The Kier molecular flexibility index (Phi) is 6.29. The van der Waals surface area contributed by atoms with Gasteiger partial charge in [-0.1, -0.05) is 18.6 Å². The molecule has 0 bridgehead atoms. The lowest BCUT2D eigenvalue weighted by Crippen LogP contribution is -2.11. The summed E-state index contributed by atoms with van der Waals surface area (Å²) in [6.45, 7) is 0.706. The van der Waals surface area contributed by atoms with Crippen LogP contribution < -0.4 is 11.1 Å². The van der Waals surface area contributed by atoms with Gasteiger partial charge >= 0.3 is 0 Å². The minimum Gasteiger partial charge on any atom is -0.392 e. The van der Waals surface area contributed by atoms with Crippen LogP contribution in [0.4, 0.5) is 5.69 Å². The second kappa shape index (κ2) is 7.81. The molecule has 0 fully saturated rings. The molecule has 0 heterocycles. The number of carbonyl (C=O) groups excluding carboxylic acids is 1. The first kappa shape index (κ1) is 13.7. The number of rotatable bonds is 7. The third-order valence-corrected chi connectivity index (χ3v) is 2.53. The highest BCUT2D eigenvalue weighted by Crippen LogP contribution is 2.10. The van der Waals surface area contributed by atoms with E-state index in [-0.39, 0.29) is 12.5 Å². The average Bonchev–Trinajstić information content (AvgIpc) is 2.36. The van der Waals surface area contributed by atoms with Gasteiger partial charge in [0.25, 0.3) is 0 Å². The minimum absolute atomic E-state index is 0.0211. The van der Waals surface area contributed by atoms with Crippen molar-refractivity contribution in [3.63, 3.8) is 0 Å². The quantitative estimate of drug-likeness (QED) is 0.630. The van der Waals surface area contributed by atoms with Gasteiger partial charge in [0.2, 0.25) is 5.91 Å². The van der Waals surface area contributed by atoms with Crippen LogP contribution in [0.1, 0.15) is 31.2 Å². The van der Waals surface area contributed by atoms with E-state index in [9.17, 15) is 4.79 Å². The lowest BCUT2D eigenvalue weighted by Gasteiger charge is -2.05. The number of nitrogens with two attached hydrogens (primary N) is 1. The van der Waals surface area contributed by atoms with Gasteiger partial charge in [0, 0.05) is 12.1 Å². The fourth-order valence-corrected chi connectivity index (χ4v) is 1.52. The molecule has 1 rings (SSSR count). The number of unbranched alkanes of at least 4 members (excludes halogenated alkanes) is 2. The van der Waals surface area contributed by atoms with Crippen LogP contribution in [0.5, 0.6) is 0 Å². The molecule has 0 aliphatic rings. The van der Waals surface area contributed by atoms with E-state index in [0.717, 1.165) is 30.5 Å². The Hall–Kier alpha value is -1.39. The molecule has 0 saturated heterocycles. The van der Waals surface area contributed by atoms with E-state index in [1.165, 1.54) is 0 Å². The second-order valence-electron chi connectivity index (χ2n) is 4.00. The summed E-state index contributed by atoms with van der Waals surface area (Å²) in [5.41, 5.74) is 6.98. The average molecular weight is 236 g/mol. The van der Waals surface area contributed by atoms with Crippen molar-refractivity contribution in [2.45, 2.75) is 32.3 Å². The van der Waals surface area contributed by atoms with E-state index in [4.69, 9.17) is 10.8 Å². The van der Waals surface area contributed by atoms with Gasteiger partial charge in [0.05, 0.1) is 6.61 Å². The summed E-state index contributed by atoms with van der Waals surface area (Å²) in [6.07, 6.45) is 3.37. The van der Waals surface area contributed by atoms with Gasteiger partial charge in [0.15, 0.2) is 0 Å². The Morgan fingerprint density at radius 3 is 2.47 bits per heavy atom. The standard InChI is InChI=1S/C13H20N2O2/c14-9-3-1-2-4-13(17)15-12-7-5-11(10-16)6-8-12/h5-8,16H,1-4,9-10,14H2,(H,15,17). The molecule has 0 spiro atoms. The lowest BCUT2D eigenvalue weighted by atomic mass is 10.2. The van der Waals surface area contributed by atoms with E-state index in [1.54, 1.807) is 24.3 Å². The van der Waals surface area contributed by atoms with Crippen LogP contribution in [0.2, 0.25) is 0 Å². The van der Waals surface area contributed by atoms with Crippen molar-refractivity contribution < 1.29 is 9.90 Å². The summed E-state index contributed by atoms with van der Waals surface area (Å²) >= 11 is 0. The van der Waals surface area contributed by atoms with Crippen molar-refractivity contribution in [1.82, 2.24) is 0 Å². The minimum atomic E-state index is 0.0211. The molecule has 0 radical (unpaired) electrons. The van der Waals surface area contributed by atoms with Gasteiger partial charge in [-0.15, -0.1) is 0 Å². The predicted octanol–water partition coefficient (Wildman–Crippen LogP) is 1.64. The molecule has 0 aliphatic heterocycles. The van der Waals surface area contributed by atoms with E-state index in [0.29, 0.717) is 13.0 Å². The Labute approximate surface area is 102 Å². The van der Waals surface area contributed by atoms with Crippen molar-refractivity contribution in [3.05, 3.63) is 29.8 Å². The Morgan fingerprint density at radius 2 is 1.88 bits per heavy atom. The SMILES string of the molecule is NCCCCCC(=O)Nc1ccc(CO)cc1. The lowest BCUT2D eigenvalue weighted by molar-refractivity contribution is -0.116. The van der Waals surface area contributed by atoms with Gasteiger partial charge in [-0.05, 0) is 37.1 Å². The molecule has 4 nitrogen and oxygen atoms in total. The fourth-order valence-electron chi connectivity index (χ4n) is 1.52. The highest BCUT2D eigenvalue weighted by Gasteiger charge is 2.01. The molecule has 0 saturated carbocycles. The third kappa shape index (κ3) is 5.47. The number of nitrogens with one attached hydrogen (secondary N) is 1. The van der Waals surface area contributed by atoms with Gasteiger partial charge < -0.3 is 16.2 Å². The zero-order valence-corrected chi connectivity index (χ0v) is 9.98. The van der Waals surface area contributed by atoms with E-state index < -0.39 is 0 Å². The molecule has 0 aromatic heterocycles. The number of benzene rings is 1. The van der Waals surface area contributed by atoms with E-state index >= 15 is 0 Å². The normalized spacial score (nSPS) is 10.2. The molecule has 0 atom stereocenters. The van der Waals surface area contributed by atoms with E-state index in [1.807, 2.05) is 0 Å². The molecular formula is C13H20N2O2. The van der Waals surface area contributed by atoms with Gasteiger partial charge in [0.1, 0.15) is 0 Å². The first-order valence-electron chi connectivity index (χ1n) is 5.96. The van der Waals surface area contributed by atoms with Crippen molar-refractivity contribution >= 4 is 11.6 Å². The van der Waals surface area contributed by atoms with Crippen LogP contribution in [0, 0.1) is 0 Å². The Morgan fingerprint density at radius 1 is 1.18 bits per heavy atom. The van der Waals surface area contributed by atoms with Gasteiger partial charge in [-0.25, -0.2) is 0 Å². The number of hydrogen-bond donors (Lipinski definition) is 3. The van der Waals surface area contributed by atoms with Crippen molar-refractivity contribution in [3.8, 4) is 0 Å². The first-order valence-corrected chi connectivity index (χ1v) is 5.96. The Balaban J connectivity index is 2.29. The molecule has 17 heavy (non-hydrogen) atoms. The maximum absolute atomic E-state index is 11.5. The summed E-state index contributed by atoms with van der Waals surface area (Å²) in [6, 6.07) is 7.18. The maximum atomic E-state index is 11.5. The van der Waals surface area contributed by atoms with Crippen molar-refractivity contribution in [1.29, 1.82) is 0 Å².